The summed E-state index contributed by atoms with van der Waals surface area (Å²) in [5, 5.41) is 13.1. The number of aromatic hydroxyl groups is 1. The Balaban J connectivity index is 2.18. The minimum absolute atomic E-state index is 0.0188. The van der Waals surface area contributed by atoms with Gasteiger partial charge in [0.2, 0.25) is 11.7 Å². The predicted molar refractivity (Wildman–Crippen MR) is 99.8 cm³/mol. The topological polar surface area (TPSA) is 129 Å². The van der Waals surface area contributed by atoms with Crippen molar-refractivity contribution in [2.75, 3.05) is 6.61 Å². The standard InChI is InChI=1S/C20H15N3O5/c1-2-3-4-8-28-15-10-11(20(27)22-23-21)9-13-17(15)19(26)16-12(18(13)25)6-5-7-14(16)24/h2,5-7,9-10,24H,1,3-4,8H2. The molecule has 0 saturated heterocycles. The monoisotopic (exact) mass is 377 g/mol. The number of azide groups is 1. The van der Waals surface area contributed by atoms with Crippen molar-refractivity contribution in [3.05, 3.63) is 81.2 Å². The van der Waals surface area contributed by atoms with Gasteiger partial charge in [-0.25, -0.2) is 0 Å². The maximum Gasteiger partial charge on any atom is 0.249 e. The van der Waals surface area contributed by atoms with Gasteiger partial charge in [0, 0.05) is 21.6 Å². The Labute approximate surface area is 159 Å². The van der Waals surface area contributed by atoms with Crippen molar-refractivity contribution >= 4 is 17.5 Å². The summed E-state index contributed by atoms with van der Waals surface area (Å²) in [7, 11) is 0. The summed E-state index contributed by atoms with van der Waals surface area (Å²) in [6.07, 6.45) is 3.00. The first-order valence-corrected chi connectivity index (χ1v) is 8.42. The second kappa shape index (κ2) is 7.77. The number of hydrogen-bond acceptors (Lipinski definition) is 5. The quantitative estimate of drug-likeness (QED) is 0.228. The van der Waals surface area contributed by atoms with Gasteiger partial charge in [-0.1, -0.05) is 18.2 Å². The van der Waals surface area contributed by atoms with Crippen LogP contribution in [0.5, 0.6) is 11.5 Å². The molecule has 1 aliphatic carbocycles. The Bertz CT molecular complexity index is 1070. The smallest absolute Gasteiger partial charge is 0.249 e. The molecule has 2 aromatic rings. The number of nitrogens with zero attached hydrogens (tertiary/aromatic N) is 3. The summed E-state index contributed by atoms with van der Waals surface area (Å²) in [4.78, 5) is 40.4. The van der Waals surface area contributed by atoms with Gasteiger partial charge in [-0.2, -0.15) is 0 Å². The Morgan fingerprint density at radius 1 is 1.21 bits per heavy atom. The van der Waals surface area contributed by atoms with Gasteiger partial charge in [-0.05, 0) is 41.7 Å². The Hall–Kier alpha value is -3.90. The summed E-state index contributed by atoms with van der Waals surface area (Å²) in [6.45, 7) is 3.83. The molecule has 0 saturated carbocycles. The fourth-order valence-corrected chi connectivity index (χ4v) is 3.01. The molecule has 0 radical (unpaired) electrons. The highest BCUT2D eigenvalue weighted by Crippen LogP contribution is 2.37. The van der Waals surface area contributed by atoms with Crippen LogP contribution < -0.4 is 4.74 Å². The molecule has 1 aliphatic rings. The van der Waals surface area contributed by atoms with Crippen molar-refractivity contribution in [2.24, 2.45) is 5.11 Å². The number of phenolic OH excluding ortho intramolecular Hbond substituents is 1. The predicted octanol–water partition coefficient (Wildman–Crippen LogP) is 3.96. The first kappa shape index (κ1) is 18.9. The van der Waals surface area contributed by atoms with Crippen LogP contribution in [0.15, 0.2) is 48.1 Å². The number of fused-ring (bicyclic) bond motifs is 2. The molecule has 3 rings (SSSR count). The molecule has 0 unspecified atom stereocenters. The molecule has 0 atom stereocenters. The van der Waals surface area contributed by atoms with E-state index in [0.29, 0.717) is 12.8 Å². The van der Waals surface area contributed by atoms with E-state index in [9.17, 15) is 19.5 Å². The summed E-state index contributed by atoms with van der Waals surface area (Å²) >= 11 is 0. The van der Waals surface area contributed by atoms with Gasteiger partial charge in [0.05, 0.1) is 17.7 Å². The average molecular weight is 377 g/mol. The van der Waals surface area contributed by atoms with E-state index in [2.05, 4.69) is 16.6 Å². The summed E-state index contributed by atoms with van der Waals surface area (Å²) in [5.41, 5.74) is 8.29. The third-order valence-electron chi connectivity index (χ3n) is 4.28. The van der Waals surface area contributed by atoms with E-state index in [-0.39, 0.29) is 45.9 Å². The fraction of sp³-hybridized carbons (Fsp3) is 0.150. The molecule has 0 aromatic heterocycles. The number of hydrogen-bond donors (Lipinski definition) is 1. The molecule has 1 N–H and O–H groups in total. The number of amides is 1. The first-order chi connectivity index (χ1) is 13.5. The molecule has 0 heterocycles. The van der Waals surface area contributed by atoms with E-state index in [4.69, 9.17) is 10.3 Å². The van der Waals surface area contributed by atoms with Crippen molar-refractivity contribution in [2.45, 2.75) is 12.8 Å². The zero-order valence-electron chi connectivity index (χ0n) is 14.7. The van der Waals surface area contributed by atoms with Crippen molar-refractivity contribution in [3.8, 4) is 11.5 Å². The number of unbranched alkanes of at least 4 members (excludes halogenated alkanes) is 1. The maximum absolute atomic E-state index is 13.0. The van der Waals surface area contributed by atoms with E-state index in [1.165, 1.54) is 30.3 Å². The largest absolute Gasteiger partial charge is 0.507 e. The zero-order valence-corrected chi connectivity index (χ0v) is 14.7. The van der Waals surface area contributed by atoms with Crippen LogP contribution in [-0.4, -0.2) is 29.2 Å². The number of phenols is 1. The van der Waals surface area contributed by atoms with Crippen LogP contribution >= 0.6 is 0 Å². The Morgan fingerprint density at radius 2 is 2.00 bits per heavy atom. The van der Waals surface area contributed by atoms with Gasteiger partial charge in [0.25, 0.3) is 0 Å². The van der Waals surface area contributed by atoms with Gasteiger partial charge < -0.3 is 9.84 Å². The van der Waals surface area contributed by atoms with E-state index < -0.39 is 17.5 Å². The first-order valence-electron chi connectivity index (χ1n) is 8.42. The number of ketones is 2. The minimum Gasteiger partial charge on any atom is -0.507 e. The number of ether oxygens (including phenoxy) is 1. The highest BCUT2D eigenvalue weighted by molar-refractivity contribution is 6.30. The molecule has 0 fully saturated rings. The van der Waals surface area contributed by atoms with Crippen LogP contribution in [0.2, 0.25) is 0 Å². The zero-order chi connectivity index (χ0) is 20.3. The van der Waals surface area contributed by atoms with Crippen LogP contribution in [0.1, 0.15) is 55.0 Å². The summed E-state index contributed by atoms with van der Waals surface area (Å²) in [6, 6.07) is 6.66. The Kier molecular flexibility index (Phi) is 5.24. The highest BCUT2D eigenvalue weighted by atomic mass is 16.5. The molecule has 0 aliphatic heterocycles. The average Bonchev–Trinajstić information content (AvgIpc) is 2.68. The van der Waals surface area contributed by atoms with Gasteiger partial charge in [-0.3, -0.25) is 14.4 Å². The third-order valence-corrected chi connectivity index (χ3v) is 4.28. The lowest BCUT2D eigenvalue weighted by molar-refractivity contribution is 0.0970. The number of carbonyl (C=O) groups is 3. The molecular weight excluding hydrogens is 362 g/mol. The highest BCUT2D eigenvalue weighted by Gasteiger charge is 2.35. The van der Waals surface area contributed by atoms with E-state index in [1.54, 1.807) is 6.08 Å². The molecule has 0 bridgehead atoms. The molecule has 8 nitrogen and oxygen atoms in total. The fourth-order valence-electron chi connectivity index (χ4n) is 3.01. The van der Waals surface area contributed by atoms with Crippen molar-refractivity contribution in [1.29, 1.82) is 0 Å². The second-order valence-electron chi connectivity index (χ2n) is 6.03. The molecular formula is C20H15N3O5. The number of benzene rings is 2. The number of carbonyl (C=O) groups excluding carboxylic acids is 3. The van der Waals surface area contributed by atoms with Crippen LogP contribution in [-0.2, 0) is 0 Å². The maximum atomic E-state index is 13.0. The van der Waals surface area contributed by atoms with Gasteiger partial charge >= 0.3 is 0 Å². The van der Waals surface area contributed by atoms with Crippen molar-refractivity contribution in [3.63, 3.8) is 0 Å². The van der Waals surface area contributed by atoms with Gasteiger partial charge in [-0.15, -0.1) is 6.58 Å². The van der Waals surface area contributed by atoms with Crippen LogP contribution in [0.4, 0.5) is 0 Å². The third kappa shape index (κ3) is 3.24. The van der Waals surface area contributed by atoms with E-state index in [0.717, 1.165) is 0 Å². The lowest BCUT2D eigenvalue weighted by Gasteiger charge is -2.21. The lowest BCUT2D eigenvalue weighted by atomic mass is 9.82. The van der Waals surface area contributed by atoms with E-state index in [1.807, 2.05) is 0 Å². The van der Waals surface area contributed by atoms with Crippen LogP contribution in [0, 0.1) is 0 Å². The van der Waals surface area contributed by atoms with Crippen LogP contribution in [0.3, 0.4) is 0 Å². The summed E-state index contributed by atoms with van der Waals surface area (Å²) in [5.74, 6) is -2.31. The van der Waals surface area contributed by atoms with Crippen molar-refractivity contribution < 1.29 is 24.2 Å². The number of allylic oxidation sites excluding steroid dienone is 1. The lowest BCUT2D eigenvalue weighted by Crippen LogP contribution is -2.23. The molecule has 2 aromatic carbocycles. The van der Waals surface area contributed by atoms with Crippen molar-refractivity contribution in [1.82, 2.24) is 0 Å². The number of rotatable bonds is 6. The second-order valence-corrected chi connectivity index (χ2v) is 6.03. The molecule has 140 valence electrons. The minimum atomic E-state index is -0.900. The molecule has 28 heavy (non-hydrogen) atoms. The normalized spacial score (nSPS) is 11.9. The Morgan fingerprint density at radius 3 is 2.71 bits per heavy atom. The molecule has 0 spiro atoms. The van der Waals surface area contributed by atoms with Crippen LogP contribution in [0.25, 0.3) is 10.4 Å². The van der Waals surface area contributed by atoms with Gasteiger partial charge in [0.1, 0.15) is 11.5 Å². The molecule has 8 heteroatoms. The molecule has 1 amide bonds. The van der Waals surface area contributed by atoms with Gasteiger partial charge in [0.15, 0.2) is 5.78 Å². The van der Waals surface area contributed by atoms with E-state index >= 15 is 0 Å². The SMILES string of the molecule is C=CCCCOc1cc(C(=O)N=[N+]=[N-])cc2c1C(=O)c1c(O)cccc1C2=O. The summed E-state index contributed by atoms with van der Waals surface area (Å²) < 4.78 is 5.66.